The van der Waals surface area contributed by atoms with Crippen LogP contribution >= 0.6 is 0 Å². The first-order chi connectivity index (χ1) is 15.2. The number of anilines is 1. The molecule has 0 aliphatic heterocycles. The lowest BCUT2D eigenvalue weighted by Crippen LogP contribution is -2.45. The second-order valence-electron chi connectivity index (χ2n) is 8.83. The molecule has 0 saturated carbocycles. The predicted molar refractivity (Wildman–Crippen MR) is 124 cm³/mol. The first kappa shape index (κ1) is 23.2. The Morgan fingerprint density at radius 1 is 1.12 bits per heavy atom. The molecule has 1 aromatic carbocycles. The molecule has 9 heteroatoms. The molecular weight excluding hydrogens is 406 g/mol. The number of carbonyl (C=O) groups is 2. The van der Waals surface area contributed by atoms with Crippen LogP contribution in [-0.2, 0) is 17.8 Å². The van der Waals surface area contributed by atoms with E-state index in [0.717, 1.165) is 30.7 Å². The van der Waals surface area contributed by atoms with E-state index in [2.05, 4.69) is 37.1 Å². The normalized spacial score (nSPS) is 11.5. The maximum Gasteiger partial charge on any atom is 0.251 e. The summed E-state index contributed by atoms with van der Waals surface area (Å²) in [5, 5.41) is 5.47. The number of hydrogen-bond donors (Lipinski definition) is 3. The lowest BCUT2D eigenvalue weighted by atomic mass is 10.1. The van der Waals surface area contributed by atoms with E-state index in [1.807, 2.05) is 32.9 Å². The topological polar surface area (TPSA) is 128 Å². The number of benzene rings is 1. The highest BCUT2D eigenvalue weighted by Crippen LogP contribution is 2.21. The van der Waals surface area contributed by atoms with Crippen molar-refractivity contribution in [3.8, 4) is 0 Å². The average molecular weight is 438 g/mol. The summed E-state index contributed by atoms with van der Waals surface area (Å²) >= 11 is 0. The Labute approximate surface area is 187 Å². The fourth-order valence-electron chi connectivity index (χ4n) is 3.36. The van der Waals surface area contributed by atoms with E-state index in [9.17, 15) is 9.59 Å². The molecule has 9 nitrogen and oxygen atoms in total. The van der Waals surface area contributed by atoms with Crippen molar-refractivity contribution < 1.29 is 9.59 Å². The van der Waals surface area contributed by atoms with Gasteiger partial charge in [-0.05, 0) is 44.9 Å². The lowest BCUT2D eigenvalue weighted by Gasteiger charge is -2.20. The summed E-state index contributed by atoms with van der Waals surface area (Å²) in [4.78, 5) is 37.4. The van der Waals surface area contributed by atoms with E-state index in [-0.39, 0.29) is 23.9 Å². The molecular formula is C23H31N7O2. The summed E-state index contributed by atoms with van der Waals surface area (Å²) < 4.78 is 2.05. The minimum absolute atomic E-state index is 0.0687. The first-order valence-electron chi connectivity index (χ1n) is 10.8. The van der Waals surface area contributed by atoms with Gasteiger partial charge in [-0.3, -0.25) is 9.59 Å². The van der Waals surface area contributed by atoms with Gasteiger partial charge < -0.3 is 20.9 Å². The van der Waals surface area contributed by atoms with Gasteiger partial charge in [0.15, 0.2) is 17.0 Å². The van der Waals surface area contributed by atoms with E-state index in [0.29, 0.717) is 29.1 Å². The van der Waals surface area contributed by atoms with Crippen LogP contribution in [0.5, 0.6) is 0 Å². The van der Waals surface area contributed by atoms with Crippen LogP contribution in [0, 0.1) is 0 Å². The number of nitrogen functional groups attached to an aromatic ring is 1. The fourth-order valence-corrected chi connectivity index (χ4v) is 3.36. The van der Waals surface area contributed by atoms with E-state index >= 15 is 0 Å². The Morgan fingerprint density at radius 3 is 2.50 bits per heavy atom. The van der Waals surface area contributed by atoms with Crippen molar-refractivity contribution in [1.82, 2.24) is 30.2 Å². The molecule has 0 radical (unpaired) electrons. The van der Waals surface area contributed by atoms with Gasteiger partial charge in [-0.2, -0.15) is 0 Å². The number of aromatic nitrogens is 4. The van der Waals surface area contributed by atoms with Gasteiger partial charge in [-0.1, -0.05) is 25.5 Å². The van der Waals surface area contributed by atoms with Gasteiger partial charge in [0.25, 0.3) is 5.91 Å². The number of fused-ring (bicyclic) bond motifs is 1. The van der Waals surface area contributed by atoms with Crippen molar-refractivity contribution in [3.05, 3.63) is 47.5 Å². The van der Waals surface area contributed by atoms with Crippen molar-refractivity contribution >= 4 is 28.8 Å². The first-order valence-corrected chi connectivity index (χ1v) is 10.8. The highest BCUT2D eigenvalue weighted by Gasteiger charge is 2.16. The Hall–Kier alpha value is -3.49. The number of nitrogens with one attached hydrogen (secondary N) is 2. The molecule has 0 fully saturated rings. The number of nitrogens with two attached hydrogens (primary N) is 1. The molecule has 170 valence electrons. The molecule has 2 heterocycles. The van der Waals surface area contributed by atoms with E-state index in [1.165, 1.54) is 6.33 Å². The molecule has 0 unspecified atom stereocenters. The van der Waals surface area contributed by atoms with Crippen molar-refractivity contribution in [2.75, 3.05) is 12.3 Å². The molecule has 2 amide bonds. The summed E-state index contributed by atoms with van der Waals surface area (Å²) in [6.45, 7) is 8.30. The number of hydrogen-bond acceptors (Lipinski definition) is 6. The van der Waals surface area contributed by atoms with Gasteiger partial charge in [0.2, 0.25) is 5.91 Å². The molecule has 0 spiro atoms. The number of rotatable bonds is 8. The molecule has 3 aromatic rings. The Morgan fingerprint density at radius 2 is 1.84 bits per heavy atom. The largest absolute Gasteiger partial charge is 0.382 e. The number of carbonyl (C=O) groups excluding carboxylic acids is 2. The van der Waals surface area contributed by atoms with Gasteiger partial charge in [-0.25, -0.2) is 15.0 Å². The highest BCUT2D eigenvalue weighted by molar-refractivity contribution is 5.96. The summed E-state index contributed by atoms with van der Waals surface area (Å²) in [7, 11) is 0. The van der Waals surface area contributed by atoms with Gasteiger partial charge in [0, 0.05) is 17.5 Å². The molecule has 2 aromatic heterocycles. The van der Waals surface area contributed by atoms with Gasteiger partial charge in [-0.15, -0.1) is 0 Å². The third-order valence-corrected chi connectivity index (χ3v) is 4.87. The standard InChI is InChI=1S/C23H31N7O2/c1-5-6-7-17-28-19-20(24)26-14-27-21(19)30(17)13-15-8-10-16(11-9-15)22(32)25-12-18(31)29-23(2,3)4/h8-11,14H,5-7,12-13H2,1-4H3,(H,25,32)(H,29,31)(H2,24,26,27). The molecule has 0 aliphatic carbocycles. The number of aryl methyl sites for hydroxylation is 1. The van der Waals surface area contributed by atoms with Gasteiger partial charge in [0.1, 0.15) is 12.2 Å². The monoisotopic (exact) mass is 437 g/mol. The zero-order valence-corrected chi connectivity index (χ0v) is 19.1. The van der Waals surface area contributed by atoms with Crippen molar-refractivity contribution in [2.45, 2.75) is 59.0 Å². The van der Waals surface area contributed by atoms with Crippen LogP contribution in [0.15, 0.2) is 30.6 Å². The SMILES string of the molecule is CCCCc1nc2c(N)ncnc2n1Cc1ccc(C(=O)NCC(=O)NC(C)(C)C)cc1. The third kappa shape index (κ3) is 5.81. The third-order valence-electron chi connectivity index (χ3n) is 4.87. The van der Waals surface area contributed by atoms with Crippen molar-refractivity contribution in [3.63, 3.8) is 0 Å². The van der Waals surface area contributed by atoms with E-state index in [4.69, 9.17) is 5.73 Å². The van der Waals surface area contributed by atoms with Gasteiger partial charge in [0.05, 0.1) is 13.1 Å². The number of nitrogens with zero attached hydrogens (tertiary/aromatic N) is 4. The Bertz CT molecular complexity index is 1100. The minimum Gasteiger partial charge on any atom is -0.382 e. The molecule has 0 atom stereocenters. The second kappa shape index (κ2) is 9.76. The lowest BCUT2D eigenvalue weighted by molar-refractivity contribution is -0.121. The molecule has 3 rings (SSSR count). The van der Waals surface area contributed by atoms with Crippen LogP contribution in [0.4, 0.5) is 5.82 Å². The summed E-state index contributed by atoms with van der Waals surface area (Å²) in [6, 6.07) is 7.29. The maximum absolute atomic E-state index is 12.4. The maximum atomic E-state index is 12.4. The minimum atomic E-state index is -0.341. The number of imidazole rings is 1. The molecule has 0 aliphatic rings. The van der Waals surface area contributed by atoms with Crippen LogP contribution in [0.1, 0.15) is 62.3 Å². The molecule has 0 bridgehead atoms. The van der Waals surface area contributed by atoms with Crippen molar-refractivity contribution in [2.24, 2.45) is 0 Å². The number of unbranched alkanes of at least 4 members (excludes halogenated alkanes) is 1. The Balaban J connectivity index is 1.72. The van der Waals surface area contributed by atoms with Crippen LogP contribution in [0.3, 0.4) is 0 Å². The zero-order chi connectivity index (χ0) is 23.3. The molecule has 4 N–H and O–H groups in total. The van der Waals surface area contributed by atoms with E-state index in [1.54, 1.807) is 12.1 Å². The zero-order valence-electron chi connectivity index (χ0n) is 19.1. The fraction of sp³-hybridized carbons (Fsp3) is 0.435. The van der Waals surface area contributed by atoms with Crippen molar-refractivity contribution in [1.29, 1.82) is 0 Å². The van der Waals surface area contributed by atoms with Crippen LogP contribution in [0.2, 0.25) is 0 Å². The molecule has 0 saturated heterocycles. The summed E-state index contributed by atoms with van der Waals surface area (Å²) in [5.41, 5.74) is 8.47. The smallest absolute Gasteiger partial charge is 0.251 e. The van der Waals surface area contributed by atoms with Gasteiger partial charge >= 0.3 is 0 Å². The Kier molecular flexibility index (Phi) is 7.07. The predicted octanol–water partition coefficient (Wildman–Crippen LogP) is 2.44. The van der Waals surface area contributed by atoms with E-state index < -0.39 is 0 Å². The van der Waals surface area contributed by atoms with Crippen LogP contribution in [0.25, 0.3) is 11.2 Å². The average Bonchev–Trinajstić information content (AvgIpc) is 3.08. The number of amides is 2. The van der Waals surface area contributed by atoms with Crippen LogP contribution in [-0.4, -0.2) is 43.4 Å². The summed E-state index contributed by atoms with van der Waals surface area (Å²) in [5.74, 6) is 0.767. The van der Waals surface area contributed by atoms with Crippen LogP contribution < -0.4 is 16.4 Å². The molecule has 32 heavy (non-hydrogen) atoms. The second-order valence-corrected chi connectivity index (χ2v) is 8.83. The quantitative estimate of drug-likeness (QED) is 0.497. The summed E-state index contributed by atoms with van der Waals surface area (Å²) in [6.07, 6.45) is 4.34. The highest BCUT2D eigenvalue weighted by atomic mass is 16.2.